The number of carbonyl (C=O) groups excluding carboxylic acids is 1. The van der Waals surface area contributed by atoms with Crippen molar-refractivity contribution in [3.8, 4) is 0 Å². The molecule has 5 nitrogen and oxygen atoms in total. The number of hydrogen-bond acceptors (Lipinski definition) is 3. The highest BCUT2D eigenvalue weighted by molar-refractivity contribution is 7.89. The highest BCUT2D eigenvalue weighted by Crippen LogP contribution is 2.14. The fourth-order valence-electron chi connectivity index (χ4n) is 1.87. The summed E-state index contributed by atoms with van der Waals surface area (Å²) in [6.45, 7) is 2.03. The van der Waals surface area contributed by atoms with Gasteiger partial charge in [-0.05, 0) is 48.4 Å². The molecule has 0 heterocycles. The molecule has 0 aliphatic heterocycles. The number of amides is 1. The standard InChI is InChI=1S/C15H16N2O3S/c1-2-11-4-3-5-13(10-11)17-15(18)12-6-8-14(9-7-12)21(16,19)20/h3-10H,2H2,1H3,(H,17,18)(H2,16,19,20). The fourth-order valence-corrected chi connectivity index (χ4v) is 2.38. The first-order valence-electron chi connectivity index (χ1n) is 6.43. The van der Waals surface area contributed by atoms with E-state index in [0.717, 1.165) is 12.0 Å². The Bertz CT molecular complexity index is 753. The fraction of sp³-hybridized carbons (Fsp3) is 0.133. The second-order valence-corrected chi connectivity index (χ2v) is 6.14. The Balaban J connectivity index is 2.16. The van der Waals surface area contributed by atoms with Crippen molar-refractivity contribution in [2.75, 3.05) is 5.32 Å². The third-order valence-corrected chi connectivity index (χ3v) is 3.97. The SMILES string of the molecule is CCc1cccc(NC(=O)c2ccc(S(N)(=O)=O)cc2)c1. The lowest BCUT2D eigenvalue weighted by Gasteiger charge is -2.07. The van der Waals surface area contributed by atoms with Gasteiger partial charge >= 0.3 is 0 Å². The van der Waals surface area contributed by atoms with Gasteiger partial charge in [0.05, 0.1) is 4.90 Å². The second kappa shape index (κ2) is 6.07. The van der Waals surface area contributed by atoms with Gasteiger partial charge in [-0.25, -0.2) is 13.6 Å². The zero-order valence-electron chi connectivity index (χ0n) is 11.5. The van der Waals surface area contributed by atoms with E-state index in [9.17, 15) is 13.2 Å². The van der Waals surface area contributed by atoms with Crippen molar-refractivity contribution in [3.05, 3.63) is 59.7 Å². The molecule has 0 saturated carbocycles. The van der Waals surface area contributed by atoms with Gasteiger partial charge in [-0.3, -0.25) is 4.79 Å². The molecule has 0 aromatic heterocycles. The molecule has 21 heavy (non-hydrogen) atoms. The van der Waals surface area contributed by atoms with Crippen LogP contribution in [0.1, 0.15) is 22.8 Å². The minimum Gasteiger partial charge on any atom is -0.322 e. The molecule has 0 bridgehead atoms. The third kappa shape index (κ3) is 3.90. The van der Waals surface area contributed by atoms with Crippen molar-refractivity contribution in [1.82, 2.24) is 0 Å². The molecule has 0 aliphatic rings. The molecule has 0 saturated heterocycles. The maximum absolute atomic E-state index is 12.1. The van der Waals surface area contributed by atoms with Gasteiger partial charge in [-0.15, -0.1) is 0 Å². The lowest BCUT2D eigenvalue weighted by molar-refractivity contribution is 0.102. The van der Waals surface area contributed by atoms with Gasteiger partial charge in [0.2, 0.25) is 10.0 Å². The van der Waals surface area contributed by atoms with E-state index < -0.39 is 10.0 Å². The number of primary sulfonamides is 1. The Morgan fingerprint density at radius 2 is 1.81 bits per heavy atom. The molecular formula is C15H16N2O3S. The molecule has 0 aliphatic carbocycles. The van der Waals surface area contributed by atoms with Crippen LogP contribution in [0.2, 0.25) is 0 Å². The van der Waals surface area contributed by atoms with E-state index in [4.69, 9.17) is 5.14 Å². The van der Waals surface area contributed by atoms with Gasteiger partial charge in [0.25, 0.3) is 5.91 Å². The Hall–Kier alpha value is -2.18. The van der Waals surface area contributed by atoms with Crippen LogP contribution in [0, 0.1) is 0 Å². The van der Waals surface area contributed by atoms with Crippen LogP contribution in [0.3, 0.4) is 0 Å². The number of nitrogens with one attached hydrogen (secondary N) is 1. The Morgan fingerprint density at radius 3 is 2.38 bits per heavy atom. The van der Waals surface area contributed by atoms with Crippen LogP contribution in [0.25, 0.3) is 0 Å². The molecule has 0 unspecified atom stereocenters. The number of sulfonamides is 1. The van der Waals surface area contributed by atoms with Crippen LogP contribution in [0.15, 0.2) is 53.4 Å². The van der Waals surface area contributed by atoms with Crippen molar-refractivity contribution < 1.29 is 13.2 Å². The molecule has 0 atom stereocenters. The molecule has 110 valence electrons. The van der Waals surface area contributed by atoms with Gasteiger partial charge in [0.15, 0.2) is 0 Å². The molecular weight excluding hydrogens is 288 g/mol. The molecule has 2 aromatic carbocycles. The maximum Gasteiger partial charge on any atom is 0.255 e. The molecule has 3 N–H and O–H groups in total. The lowest BCUT2D eigenvalue weighted by atomic mass is 10.1. The van der Waals surface area contributed by atoms with Crippen LogP contribution in [-0.4, -0.2) is 14.3 Å². The lowest BCUT2D eigenvalue weighted by Crippen LogP contribution is -2.14. The number of benzene rings is 2. The second-order valence-electron chi connectivity index (χ2n) is 4.58. The zero-order chi connectivity index (χ0) is 15.5. The summed E-state index contributed by atoms with van der Waals surface area (Å²) in [5.74, 6) is -0.302. The van der Waals surface area contributed by atoms with Crippen LogP contribution < -0.4 is 10.5 Å². The molecule has 0 spiro atoms. The van der Waals surface area contributed by atoms with E-state index in [1.54, 1.807) is 6.07 Å². The van der Waals surface area contributed by atoms with Crippen LogP contribution in [-0.2, 0) is 16.4 Å². The number of nitrogens with two attached hydrogens (primary N) is 1. The smallest absolute Gasteiger partial charge is 0.255 e. The first kappa shape index (κ1) is 15.2. The summed E-state index contributed by atoms with van der Waals surface area (Å²) in [7, 11) is -3.74. The zero-order valence-corrected chi connectivity index (χ0v) is 12.4. The van der Waals surface area contributed by atoms with Gasteiger partial charge in [-0.2, -0.15) is 0 Å². The van der Waals surface area contributed by atoms with E-state index >= 15 is 0 Å². The summed E-state index contributed by atoms with van der Waals surface area (Å²) in [4.78, 5) is 12.1. The maximum atomic E-state index is 12.1. The van der Waals surface area contributed by atoms with Crippen LogP contribution in [0.5, 0.6) is 0 Å². The van der Waals surface area contributed by atoms with Crippen molar-refractivity contribution >= 4 is 21.6 Å². The molecule has 0 radical (unpaired) electrons. The molecule has 6 heteroatoms. The van der Waals surface area contributed by atoms with Crippen LogP contribution in [0.4, 0.5) is 5.69 Å². The summed E-state index contributed by atoms with van der Waals surface area (Å²) in [6.07, 6.45) is 0.882. The molecule has 2 aromatic rings. The number of aryl methyl sites for hydroxylation is 1. The van der Waals surface area contributed by atoms with E-state index in [1.807, 2.05) is 25.1 Å². The van der Waals surface area contributed by atoms with Crippen molar-refractivity contribution in [2.45, 2.75) is 18.2 Å². The van der Waals surface area contributed by atoms with Gasteiger partial charge in [-0.1, -0.05) is 19.1 Å². The quantitative estimate of drug-likeness (QED) is 0.907. The van der Waals surface area contributed by atoms with Gasteiger partial charge < -0.3 is 5.32 Å². The van der Waals surface area contributed by atoms with E-state index in [2.05, 4.69) is 5.32 Å². The summed E-state index contributed by atoms with van der Waals surface area (Å²) in [6, 6.07) is 13.0. The van der Waals surface area contributed by atoms with E-state index in [0.29, 0.717) is 11.3 Å². The molecule has 0 fully saturated rings. The van der Waals surface area contributed by atoms with E-state index in [-0.39, 0.29) is 10.8 Å². The number of hydrogen-bond donors (Lipinski definition) is 2. The monoisotopic (exact) mass is 304 g/mol. The van der Waals surface area contributed by atoms with Gasteiger partial charge in [0, 0.05) is 11.3 Å². The third-order valence-electron chi connectivity index (χ3n) is 3.04. The first-order valence-corrected chi connectivity index (χ1v) is 7.98. The highest BCUT2D eigenvalue weighted by Gasteiger charge is 2.10. The van der Waals surface area contributed by atoms with Crippen molar-refractivity contribution in [3.63, 3.8) is 0 Å². The largest absolute Gasteiger partial charge is 0.322 e. The minimum absolute atomic E-state index is 0.0213. The predicted octanol–water partition coefficient (Wildman–Crippen LogP) is 2.15. The van der Waals surface area contributed by atoms with Crippen molar-refractivity contribution in [2.24, 2.45) is 5.14 Å². The summed E-state index contributed by atoms with van der Waals surface area (Å²) < 4.78 is 22.3. The predicted molar refractivity (Wildman–Crippen MR) is 81.6 cm³/mol. The topological polar surface area (TPSA) is 89.3 Å². The van der Waals surface area contributed by atoms with Crippen molar-refractivity contribution in [1.29, 1.82) is 0 Å². The number of anilines is 1. The molecule has 2 rings (SSSR count). The first-order chi connectivity index (χ1) is 9.90. The average Bonchev–Trinajstić information content (AvgIpc) is 2.46. The number of rotatable bonds is 4. The van der Waals surface area contributed by atoms with E-state index in [1.165, 1.54) is 24.3 Å². The summed E-state index contributed by atoms with van der Waals surface area (Å²) in [5, 5.41) is 7.78. The normalized spacial score (nSPS) is 11.1. The van der Waals surface area contributed by atoms with Gasteiger partial charge in [0.1, 0.15) is 0 Å². The molecule has 1 amide bonds. The highest BCUT2D eigenvalue weighted by atomic mass is 32.2. The van der Waals surface area contributed by atoms with Crippen LogP contribution >= 0.6 is 0 Å². The summed E-state index contributed by atoms with van der Waals surface area (Å²) >= 11 is 0. The average molecular weight is 304 g/mol. The minimum atomic E-state index is -3.74. The summed E-state index contributed by atoms with van der Waals surface area (Å²) in [5.41, 5.74) is 2.19. The Labute approximate surface area is 123 Å². The Kier molecular flexibility index (Phi) is 4.40. The Morgan fingerprint density at radius 1 is 1.14 bits per heavy atom. The number of carbonyl (C=O) groups is 1.